The van der Waals surface area contributed by atoms with Crippen molar-refractivity contribution in [1.29, 1.82) is 0 Å². The molecule has 0 N–H and O–H groups in total. The maximum atomic E-state index is 3.31. The van der Waals surface area contributed by atoms with Gasteiger partial charge in [-0.25, -0.2) is 0 Å². The van der Waals surface area contributed by atoms with E-state index < -0.39 is 0 Å². The number of hydrogen-bond donors (Lipinski definition) is 0. The van der Waals surface area contributed by atoms with Crippen molar-refractivity contribution >= 4 is 5.69 Å². The fourth-order valence-corrected chi connectivity index (χ4v) is 2.81. The van der Waals surface area contributed by atoms with Gasteiger partial charge in [0.1, 0.15) is 0 Å². The fourth-order valence-electron chi connectivity index (χ4n) is 2.81. The van der Waals surface area contributed by atoms with Crippen molar-refractivity contribution < 1.29 is 0 Å². The molecule has 108 valence electrons. The van der Waals surface area contributed by atoms with Gasteiger partial charge in [0.25, 0.3) is 0 Å². The molecular formula is C19H27N. The zero-order valence-electron chi connectivity index (χ0n) is 13.2. The molecule has 1 heterocycles. The van der Waals surface area contributed by atoms with E-state index in [4.69, 9.17) is 0 Å². The second-order valence-corrected chi connectivity index (χ2v) is 6.09. The van der Waals surface area contributed by atoms with Crippen LogP contribution in [0, 0.1) is 17.8 Å². The van der Waals surface area contributed by atoms with Gasteiger partial charge in [-0.2, -0.15) is 0 Å². The van der Waals surface area contributed by atoms with Gasteiger partial charge in [0.2, 0.25) is 0 Å². The van der Waals surface area contributed by atoms with Crippen LogP contribution in [0.15, 0.2) is 24.3 Å². The van der Waals surface area contributed by atoms with Crippen LogP contribution < -0.4 is 4.90 Å². The monoisotopic (exact) mass is 269 g/mol. The van der Waals surface area contributed by atoms with Crippen molar-refractivity contribution in [3.63, 3.8) is 0 Å². The smallest absolute Gasteiger partial charge is 0.0366 e. The van der Waals surface area contributed by atoms with Gasteiger partial charge in [0, 0.05) is 31.6 Å². The van der Waals surface area contributed by atoms with Crippen LogP contribution in [0.1, 0.15) is 57.9 Å². The quantitative estimate of drug-likeness (QED) is 0.710. The van der Waals surface area contributed by atoms with E-state index in [-0.39, 0.29) is 0 Å². The predicted octanol–water partition coefficient (Wildman–Crippen LogP) is 4.83. The number of hydrogen-bond acceptors (Lipinski definition) is 1. The Morgan fingerprint density at radius 2 is 1.75 bits per heavy atom. The predicted molar refractivity (Wildman–Crippen MR) is 88.2 cm³/mol. The van der Waals surface area contributed by atoms with Crippen molar-refractivity contribution in [2.75, 3.05) is 18.0 Å². The van der Waals surface area contributed by atoms with Crippen LogP contribution in [0.5, 0.6) is 0 Å². The Labute approximate surface area is 124 Å². The first-order chi connectivity index (χ1) is 9.70. The Bertz CT molecular complexity index is 453. The van der Waals surface area contributed by atoms with Crippen LogP contribution in [0.4, 0.5) is 5.69 Å². The zero-order chi connectivity index (χ0) is 14.4. The molecule has 0 spiro atoms. The van der Waals surface area contributed by atoms with E-state index in [9.17, 15) is 0 Å². The molecule has 1 aromatic rings. The molecule has 1 saturated heterocycles. The molecule has 20 heavy (non-hydrogen) atoms. The zero-order valence-corrected chi connectivity index (χ0v) is 13.2. The second kappa shape index (κ2) is 7.39. The lowest BCUT2D eigenvalue weighted by molar-refractivity contribution is 0.414. The minimum Gasteiger partial charge on any atom is -0.372 e. The Kier molecular flexibility index (Phi) is 5.53. The highest BCUT2D eigenvalue weighted by molar-refractivity contribution is 5.48. The maximum Gasteiger partial charge on any atom is 0.0366 e. The summed E-state index contributed by atoms with van der Waals surface area (Å²) in [4.78, 5) is 2.52. The number of benzene rings is 1. The molecule has 0 aromatic heterocycles. The van der Waals surface area contributed by atoms with E-state index in [1.54, 1.807) is 0 Å². The van der Waals surface area contributed by atoms with Crippen molar-refractivity contribution in [3.8, 4) is 11.8 Å². The SMILES string of the molecule is CCC#CCC1CCN(c2ccc(C(C)C)cc2)CC1. The third kappa shape index (κ3) is 4.04. The van der Waals surface area contributed by atoms with Crippen LogP contribution >= 0.6 is 0 Å². The Morgan fingerprint density at radius 1 is 1.10 bits per heavy atom. The van der Waals surface area contributed by atoms with Crippen molar-refractivity contribution in [2.24, 2.45) is 5.92 Å². The first-order valence-electron chi connectivity index (χ1n) is 8.01. The highest BCUT2D eigenvalue weighted by atomic mass is 15.1. The minimum atomic E-state index is 0.618. The molecule has 0 bridgehead atoms. The van der Waals surface area contributed by atoms with Gasteiger partial charge in [0.05, 0.1) is 0 Å². The number of nitrogens with zero attached hydrogens (tertiary/aromatic N) is 1. The lowest BCUT2D eigenvalue weighted by Gasteiger charge is -2.33. The summed E-state index contributed by atoms with van der Waals surface area (Å²) in [5.74, 6) is 7.93. The van der Waals surface area contributed by atoms with Gasteiger partial charge in [-0.1, -0.05) is 32.9 Å². The molecule has 2 rings (SSSR count). The van der Waals surface area contributed by atoms with Crippen molar-refractivity contribution in [2.45, 2.75) is 52.4 Å². The van der Waals surface area contributed by atoms with Crippen LogP contribution in [0.3, 0.4) is 0 Å². The molecule has 0 unspecified atom stereocenters. The normalized spacial score (nSPS) is 16.1. The van der Waals surface area contributed by atoms with Crippen molar-refractivity contribution in [3.05, 3.63) is 29.8 Å². The molecule has 1 aliphatic heterocycles. The van der Waals surface area contributed by atoms with Crippen LogP contribution in [-0.2, 0) is 0 Å². The Morgan fingerprint density at radius 3 is 2.30 bits per heavy atom. The molecule has 0 atom stereocenters. The van der Waals surface area contributed by atoms with Gasteiger partial charge >= 0.3 is 0 Å². The van der Waals surface area contributed by atoms with E-state index >= 15 is 0 Å². The summed E-state index contributed by atoms with van der Waals surface area (Å²) in [5, 5.41) is 0. The number of rotatable bonds is 3. The van der Waals surface area contributed by atoms with Gasteiger partial charge in [-0.15, -0.1) is 11.8 Å². The highest BCUT2D eigenvalue weighted by Crippen LogP contribution is 2.26. The van der Waals surface area contributed by atoms with Gasteiger partial charge in [-0.3, -0.25) is 0 Å². The molecular weight excluding hydrogens is 242 g/mol. The first-order valence-corrected chi connectivity index (χ1v) is 8.01. The Hall–Kier alpha value is -1.42. The topological polar surface area (TPSA) is 3.24 Å². The first kappa shape index (κ1) is 15.0. The van der Waals surface area contributed by atoms with E-state index in [1.165, 1.54) is 37.2 Å². The third-order valence-electron chi connectivity index (χ3n) is 4.23. The summed E-state index contributed by atoms with van der Waals surface area (Å²) in [6.07, 6.45) is 4.64. The van der Waals surface area contributed by atoms with Crippen LogP contribution in [0.25, 0.3) is 0 Å². The highest BCUT2D eigenvalue weighted by Gasteiger charge is 2.18. The molecule has 1 fully saturated rings. The molecule has 1 heteroatoms. The van der Waals surface area contributed by atoms with E-state index in [1.807, 2.05) is 0 Å². The van der Waals surface area contributed by atoms with E-state index in [2.05, 4.69) is 61.8 Å². The molecule has 0 radical (unpaired) electrons. The fraction of sp³-hybridized carbons (Fsp3) is 0.579. The Balaban J connectivity index is 1.87. The lowest BCUT2D eigenvalue weighted by atomic mass is 9.93. The average molecular weight is 269 g/mol. The van der Waals surface area contributed by atoms with Gasteiger partial charge < -0.3 is 4.90 Å². The molecule has 0 amide bonds. The van der Waals surface area contributed by atoms with Crippen LogP contribution in [-0.4, -0.2) is 13.1 Å². The summed E-state index contributed by atoms with van der Waals surface area (Å²) in [6, 6.07) is 9.12. The third-order valence-corrected chi connectivity index (χ3v) is 4.23. The summed E-state index contributed by atoms with van der Waals surface area (Å²) >= 11 is 0. The number of anilines is 1. The van der Waals surface area contributed by atoms with E-state index in [0.29, 0.717) is 5.92 Å². The molecule has 1 nitrogen and oxygen atoms in total. The largest absolute Gasteiger partial charge is 0.372 e. The molecule has 0 saturated carbocycles. The lowest BCUT2D eigenvalue weighted by Crippen LogP contribution is -2.33. The van der Waals surface area contributed by atoms with E-state index in [0.717, 1.165) is 18.8 Å². The summed E-state index contributed by atoms with van der Waals surface area (Å²) < 4.78 is 0. The standard InChI is InChI=1S/C19H27N/c1-4-5-6-7-17-12-14-20(15-13-17)19-10-8-18(9-11-19)16(2)3/h8-11,16-17H,4,7,12-15H2,1-3H3. The van der Waals surface area contributed by atoms with Gasteiger partial charge in [0.15, 0.2) is 0 Å². The minimum absolute atomic E-state index is 0.618. The summed E-state index contributed by atoms with van der Waals surface area (Å²) in [5.41, 5.74) is 2.81. The molecule has 0 aliphatic carbocycles. The molecule has 1 aromatic carbocycles. The summed E-state index contributed by atoms with van der Waals surface area (Å²) in [6.45, 7) is 8.98. The molecule has 1 aliphatic rings. The van der Waals surface area contributed by atoms with Crippen molar-refractivity contribution in [1.82, 2.24) is 0 Å². The van der Waals surface area contributed by atoms with Crippen LogP contribution in [0.2, 0.25) is 0 Å². The maximum absolute atomic E-state index is 3.31. The second-order valence-electron chi connectivity index (χ2n) is 6.09. The number of piperidine rings is 1. The van der Waals surface area contributed by atoms with Gasteiger partial charge in [-0.05, 0) is 42.4 Å². The summed E-state index contributed by atoms with van der Waals surface area (Å²) in [7, 11) is 0. The average Bonchev–Trinajstić information content (AvgIpc) is 2.48.